The number of hydrogen-bond acceptors (Lipinski definition) is 6. The number of rotatable bonds is 6. The number of nitrogen functional groups attached to an aromatic ring is 1. The number of nitrogens with zero attached hydrogens (tertiary/aromatic N) is 4. The lowest BCUT2D eigenvalue weighted by atomic mass is 9.89. The Labute approximate surface area is 217 Å². The first-order chi connectivity index (χ1) is 18.1. The van der Waals surface area contributed by atoms with Crippen LogP contribution in [0.1, 0.15) is 63.8 Å². The molecule has 3 saturated heterocycles. The molecule has 0 amide bonds. The summed E-state index contributed by atoms with van der Waals surface area (Å²) in [6, 6.07) is 9.09. The van der Waals surface area contributed by atoms with Gasteiger partial charge in [0.2, 0.25) is 0 Å². The van der Waals surface area contributed by atoms with Crippen LogP contribution >= 0.6 is 0 Å². The Kier molecular flexibility index (Phi) is 5.85. The van der Waals surface area contributed by atoms with Crippen molar-refractivity contribution >= 4 is 16.9 Å². The van der Waals surface area contributed by atoms with E-state index in [0.717, 1.165) is 85.8 Å². The highest BCUT2D eigenvalue weighted by molar-refractivity contribution is 6.00. The number of aromatic nitrogens is 3. The van der Waals surface area contributed by atoms with Gasteiger partial charge in [0, 0.05) is 36.9 Å². The van der Waals surface area contributed by atoms with E-state index in [1.807, 2.05) is 12.1 Å². The van der Waals surface area contributed by atoms with Gasteiger partial charge in [-0.25, -0.2) is 14.4 Å². The molecule has 1 saturated carbocycles. The Morgan fingerprint density at radius 3 is 2.59 bits per heavy atom. The van der Waals surface area contributed by atoms with Crippen LogP contribution in [0.4, 0.5) is 10.2 Å². The molecule has 3 aliphatic heterocycles. The molecule has 4 fully saturated rings. The highest BCUT2D eigenvalue weighted by Gasteiger charge is 2.46. The Balaban J connectivity index is 1.14. The van der Waals surface area contributed by atoms with Crippen molar-refractivity contribution in [1.29, 1.82) is 0 Å². The van der Waals surface area contributed by atoms with Gasteiger partial charge in [-0.15, -0.1) is 0 Å². The normalized spacial score (nSPS) is 31.9. The Hall–Kier alpha value is -2.71. The number of anilines is 1. The van der Waals surface area contributed by atoms with Gasteiger partial charge in [-0.1, -0.05) is 12.1 Å². The number of halogens is 1. The van der Waals surface area contributed by atoms with Crippen molar-refractivity contribution in [1.82, 2.24) is 19.4 Å². The molecule has 2 N–H and O–H groups in total. The average Bonchev–Trinajstić information content (AvgIpc) is 3.72. The van der Waals surface area contributed by atoms with Gasteiger partial charge in [-0.2, -0.15) is 0 Å². The maximum absolute atomic E-state index is 13.8. The summed E-state index contributed by atoms with van der Waals surface area (Å²) in [4.78, 5) is 11.3. The fourth-order valence-electron chi connectivity index (χ4n) is 7.24. The van der Waals surface area contributed by atoms with Gasteiger partial charge in [0.05, 0.1) is 11.5 Å². The zero-order valence-electron chi connectivity index (χ0n) is 21.3. The summed E-state index contributed by atoms with van der Waals surface area (Å²) in [6.07, 6.45) is 13.0. The van der Waals surface area contributed by atoms with Crippen LogP contribution < -0.4 is 10.5 Å². The first-order valence-electron chi connectivity index (χ1n) is 14.0. The third kappa shape index (κ3) is 4.28. The minimum absolute atomic E-state index is 0.103. The van der Waals surface area contributed by atoms with Crippen LogP contribution in [0.25, 0.3) is 22.2 Å². The summed E-state index contributed by atoms with van der Waals surface area (Å²) >= 11 is 0. The van der Waals surface area contributed by atoms with Crippen molar-refractivity contribution in [2.24, 2.45) is 0 Å². The second-order valence-electron chi connectivity index (χ2n) is 11.6. The Morgan fingerprint density at radius 1 is 1.05 bits per heavy atom. The van der Waals surface area contributed by atoms with E-state index in [0.29, 0.717) is 43.6 Å². The zero-order valence-corrected chi connectivity index (χ0v) is 21.3. The van der Waals surface area contributed by atoms with Crippen LogP contribution in [0.5, 0.6) is 5.75 Å². The van der Waals surface area contributed by atoms with Crippen LogP contribution in [0.2, 0.25) is 0 Å². The minimum Gasteiger partial charge on any atom is -0.491 e. The van der Waals surface area contributed by atoms with E-state index in [-0.39, 0.29) is 5.60 Å². The Morgan fingerprint density at radius 2 is 1.86 bits per heavy atom. The van der Waals surface area contributed by atoms with Crippen molar-refractivity contribution in [3.63, 3.8) is 0 Å². The van der Waals surface area contributed by atoms with E-state index in [4.69, 9.17) is 15.2 Å². The van der Waals surface area contributed by atoms with Gasteiger partial charge in [-0.3, -0.25) is 4.90 Å². The average molecular weight is 506 g/mol. The molecule has 0 spiro atoms. The number of hydrogen-bond donors (Lipinski definition) is 1. The van der Waals surface area contributed by atoms with E-state index in [2.05, 4.69) is 37.8 Å². The molecule has 1 atom stereocenters. The molecule has 7 nitrogen and oxygen atoms in total. The van der Waals surface area contributed by atoms with Gasteiger partial charge in [0.1, 0.15) is 41.9 Å². The van der Waals surface area contributed by atoms with Crippen molar-refractivity contribution < 1.29 is 13.9 Å². The quantitative estimate of drug-likeness (QED) is 0.490. The molecule has 1 aromatic carbocycles. The van der Waals surface area contributed by atoms with E-state index >= 15 is 0 Å². The number of nitrogens with two attached hydrogens (primary N) is 1. The molecule has 4 aliphatic rings. The molecule has 3 aromatic rings. The second kappa shape index (κ2) is 9.24. The highest BCUT2D eigenvalue weighted by Crippen LogP contribution is 2.44. The van der Waals surface area contributed by atoms with Gasteiger partial charge >= 0.3 is 0 Å². The molecule has 1 aliphatic carbocycles. The summed E-state index contributed by atoms with van der Waals surface area (Å²) in [5.74, 6) is 1.35. The topological polar surface area (TPSA) is 78.4 Å². The van der Waals surface area contributed by atoms with Gasteiger partial charge < -0.3 is 19.8 Å². The van der Waals surface area contributed by atoms with Crippen LogP contribution in [0.3, 0.4) is 0 Å². The predicted molar refractivity (Wildman–Crippen MR) is 141 cm³/mol. The molecule has 0 radical (unpaired) electrons. The van der Waals surface area contributed by atoms with E-state index in [1.54, 1.807) is 6.33 Å². The highest BCUT2D eigenvalue weighted by atomic mass is 19.1. The van der Waals surface area contributed by atoms with E-state index < -0.39 is 6.17 Å². The number of alkyl halides is 1. The molecule has 5 heterocycles. The fourth-order valence-corrected chi connectivity index (χ4v) is 7.24. The lowest BCUT2D eigenvalue weighted by Gasteiger charge is -2.35. The van der Waals surface area contributed by atoms with Gasteiger partial charge in [0.15, 0.2) is 0 Å². The van der Waals surface area contributed by atoms with Crippen LogP contribution in [-0.4, -0.2) is 63.0 Å². The maximum atomic E-state index is 13.8. The number of likely N-dealkylation sites (tertiary alicyclic amines) is 1. The maximum Gasteiger partial charge on any atom is 0.146 e. The van der Waals surface area contributed by atoms with Crippen LogP contribution in [0, 0.1) is 0 Å². The Bertz CT molecular complexity index is 1280. The lowest BCUT2D eigenvalue weighted by molar-refractivity contribution is -0.0198. The van der Waals surface area contributed by atoms with Crippen molar-refractivity contribution in [2.75, 3.05) is 25.4 Å². The van der Waals surface area contributed by atoms with E-state index in [1.165, 1.54) is 0 Å². The SMILES string of the molecule is Nc1ncnc2c1c(-c1cccc(OCC34CCC(CC3)O4)c1)cn2C1CCC(N2CCC(F)C2)CC1. The monoisotopic (exact) mass is 505 g/mol. The zero-order chi connectivity index (χ0) is 25.0. The fraction of sp³-hybridized carbons (Fsp3) is 0.586. The number of fused-ring (bicyclic) bond motifs is 3. The smallest absolute Gasteiger partial charge is 0.146 e. The number of ether oxygens (including phenoxy) is 2. The second-order valence-corrected chi connectivity index (χ2v) is 11.6. The molecular formula is C29H36FN5O2. The molecule has 2 bridgehead atoms. The summed E-state index contributed by atoms with van der Waals surface area (Å²) < 4.78 is 28.5. The lowest BCUT2D eigenvalue weighted by Crippen LogP contribution is -2.37. The molecular weight excluding hydrogens is 469 g/mol. The third-order valence-electron chi connectivity index (χ3n) is 9.28. The van der Waals surface area contributed by atoms with Crippen LogP contribution in [-0.2, 0) is 4.74 Å². The largest absolute Gasteiger partial charge is 0.491 e. The van der Waals surface area contributed by atoms with Crippen molar-refractivity contribution in [2.45, 2.75) is 87.7 Å². The first-order valence-corrected chi connectivity index (χ1v) is 14.0. The first kappa shape index (κ1) is 23.4. The molecule has 196 valence electrons. The standard InChI is InChI=1S/C29H36FN5O2/c30-20-10-13-34(15-20)21-4-6-22(7-5-21)35-16-25(26-27(31)32-18-33-28(26)35)19-2-1-3-24(14-19)36-17-29-11-8-23(37-29)9-12-29/h1-3,14,16,18,20-23H,4-13,15,17H2,(H2,31,32,33). The van der Waals surface area contributed by atoms with Crippen molar-refractivity contribution in [3.8, 4) is 16.9 Å². The summed E-state index contributed by atoms with van der Waals surface area (Å²) in [7, 11) is 0. The molecule has 8 heteroatoms. The molecule has 37 heavy (non-hydrogen) atoms. The molecule has 2 aromatic heterocycles. The van der Waals surface area contributed by atoms with E-state index in [9.17, 15) is 4.39 Å². The number of benzene rings is 1. The molecule has 1 unspecified atom stereocenters. The van der Waals surface area contributed by atoms with Gasteiger partial charge in [-0.05, 0) is 75.5 Å². The van der Waals surface area contributed by atoms with Crippen molar-refractivity contribution in [3.05, 3.63) is 36.8 Å². The minimum atomic E-state index is -0.659. The third-order valence-corrected chi connectivity index (χ3v) is 9.28. The predicted octanol–water partition coefficient (Wildman–Crippen LogP) is 5.30. The summed E-state index contributed by atoms with van der Waals surface area (Å²) in [5.41, 5.74) is 9.29. The summed E-state index contributed by atoms with van der Waals surface area (Å²) in [6.45, 7) is 2.09. The van der Waals surface area contributed by atoms with Crippen LogP contribution in [0.15, 0.2) is 36.8 Å². The molecule has 7 rings (SSSR count). The van der Waals surface area contributed by atoms with Gasteiger partial charge in [0.25, 0.3) is 0 Å². The summed E-state index contributed by atoms with van der Waals surface area (Å²) in [5, 5.41) is 0.901.